The van der Waals surface area contributed by atoms with Crippen LogP contribution in [0.3, 0.4) is 0 Å². The quantitative estimate of drug-likeness (QED) is 0.216. The average Bonchev–Trinajstić information content (AvgIpc) is 3.13. The summed E-state index contributed by atoms with van der Waals surface area (Å²) in [7, 11) is -3.82. The molecule has 2 N–H and O–H groups in total. The summed E-state index contributed by atoms with van der Waals surface area (Å²) in [5.74, 6) is 0.505. The van der Waals surface area contributed by atoms with Gasteiger partial charge < -0.3 is 8.98 Å². The highest BCUT2D eigenvalue weighted by Gasteiger charge is 2.16. The lowest BCUT2D eigenvalue weighted by Crippen LogP contribution is -2.11. The third-order valence-corrected chi connectivity index (χ3v) is 7.47. The molecular weight excluding hydrogens is 458 g/mol. The summed E-state index contributed by atoms with van der Waals surface area (Å²) in [6.07, 6.45) is 0.887. The van der Waals surface area contributed by atoms with Gasteiger partial charge in [0, 0.05) is 23.8 Å². The summed E-state index contributed by atoms with van der Waals surface area (Å²) in [5, 5.41) is 9.05. The van der Waals surface area contributed by atoms with Crippen molar-refractivity contribution in [3.63, 3.8) is 0 Å². The first kappa shape index (κ1) is 21.7. The molecular formula is C24H21N3O4S2. The number of sulfonamides is 1. The lowest BCUT2D eigenvalue weighted by molar-refractivity contribution is 0.560. The second-order valence-corrected chi connectivity index (χ2v) is 10.3. The number of nitrogens with two attached hydrogens (primary N) is 1. The van der Waals surface area contributed by atoms with E-state index >= 15 is 0 Å². The number of hydrogen-bond donors (Lipinski definition) is 1. The summed E-state index contributed by atoms with van der Waals surface area (Å²) < 4.78 is 31.1. The zero-order valence-electron chi connectivity index (χ0n) is 17.8. The SMILES string of the molecule is CCCn1c(SCc2cc(=O)oc3ccc4ccccc4c23)nc2cc(S(N)(=O)=O)ccc21. The van der Waals surface area contributed by atoms with E-state index < -0.39 is 15.6 Å². The van der Waals surface area contributed by atoms with E-state index in [9.17, 15) is 13.2 Å². The molecule has 0 fully saturated rings. The number of aromatic nitrogens is 2. The summed E-state index contributed by atoms with van der Waals surface area (Å²) >= 11 is 1.50. The van der Waals surface area contributed by atoms with Crippen LogP contribution < -0.4 is 10.8 Å². The van der Waals surface area contributed by atoms with Crippen molar-refractivity contribution in [1.82, 2.24) is 9.55 Å². The van der Waals surface area contributed by atoms with Gasteiger partial charge in [0.2, 0.25) is 10.0 Å². The Hall–Kier alpha value is -3.14. The Kier molecular flexibility index (Phi) is 5.48. The van der Waals surface area contributed by atoms with Gasteiger partial charge in [-0.2, -0.15) is 0 Å². The van der Waals surface area contributed by atoms with E-state index in [0.717, 1.165) is 45.4 Å². The van der Waals surface area contributed by atoms with Crippen LogP contribution in [0.5, 0.6) is 0 Å². The number of imidazole rings is 1. The van der Waals surface area contributed by atoms with Crippen LogP contribution >= 0.6 is 11.8 Å². The Morgan fingerprint density at radius 1 is 1.09 bits per heavy atom. The van der Waals surface area contributed by atoms with Gasteiger partial charge >= 0.3 is 5.63 Å². The van der Waals surface area contributed by atoms with E-state index in [1.807, 2.05) is 36.4 Å². The number of nitrogens with zero attached hydrogens (tertiary/aromatic N) is 2. The molecule has 0 bridgehead atoms. The lowest BCUT2D eigenvalue weighted by atomic mass is 10.0. The van der Waals surface area contributed by atoms with Crippen molar-refractivity contribution in [2.75, 3.05) is 0 Å². The maximum Gasteiger partial charge on any atom is 0.336 e. The molecule has 0 spiro atoms. The summed E-state index contributed by atoms with van der Waals surface area (Å²) in [6.45, 7) is 2.80. The minimum Gasteiger partial charge on any atom is -0.423 e. The number of thioether (sulfide) groups is 1. The number of benzene rings is 3. The van der Waals surface area contributed by atoms with E-state index in [1.165, 1.54) is 30.0 Å². The molecule has 0 saturated heterocycles. The van der Waals surface area contributed by atoms with E-state index in [0.29, 0.717) is 16.9 Å². The second-order valence-electron chi connectivity index (χ2n) is 7.78. The highest BCUT2D eigenvalue weighted by Crippen LogP contribution is 2.33. The fraction of sp³-hybridized carbons (Fsp3) is 0.167. The van der Waals surface area contributed by atoms with Gasteiger partial charge in [-0.3, -0.25) is 0 Å². The van der Waals surface area contributed by atoms with E-state index in [2.05, 4.69) is 16.5 Å². The molecule has 9 heteroatoms. The number of rotatable bonds is 6. The molecule has 3 aromatic carbocycles. The Balaban J connectivity index is 1.60. The molecule has 0 atom stereocenters. The monoisotopic (exact) mass is 479 g/mol. The maximum absolute atomic E-state index is 12.2. The van der Waals surface area contributed by atoms with Crippen molar-refractivity contribution in [3.05, 3.63) is 76.6 Å². The van der Waals surface area contributed by atoms with Gasteiger partial charge in [-0.1, -0.05) is 49.0 Å². The van der Waals surface area contributed by atoms with Crippen molar-refractivity contribution in [2.45, 2.75) is 35.7 Å². The molecule has 0 amide bonds. The molecule has 0 radical (unpaired) electrons. The zero-order valence-corrected chi connectivity index (χ0v) is 19.4. The molecule has 33 heavy (non-hydrogen) atoms. The first-order valence-corrected chi connectivity index (χ1v) is 13.0. The van der Waals surface area contributed by atoms with Crippen molar-refractivity contribution in [3.8, 4) is 0 Å². The highest BCUT2D eigenvalue weighted by molar-refractivity contribution is 7.98. The standard InChI is InChI=1S/C24H21N3O4S2/c1-2-11-27-20-9-8-17(33(25,29)30)13-19(20)26-24(27)32-14-16-12-22(28)31-21-10-7-15-5-3-4-6-18(15)23(16)21/h3-10,12-13H,2,11,14H2,1H3,(H2,25,29,30). The summed E-state index contributed by atoms with van der Waals surface area (Å²) in [6, 6.07) is 18.0. The highest BCUT2D eigenvalue weighted by atomic mass is 32.2. The number of aryl methyl sites for hydroxylation is 1. The second kappa shape index (κ2) is 8.33. The van der Waals surface area contributed by atoms with Crippen LogP contribution in [0.1, 0.15) is 18.9 Å². The number of primary sulfonamides is 1. The number of hydrogen-bond acceptors (Lipinski definition) is 6. The molecule has 0 aliphatic heterocycles. The minimum atomic E-state index is -3.82. The Bertz CT molecular complexity index is 1690. The summed E-state index contributed by atoms with van der Waals surface area (Å²) in [5.41, 5.74) is 2.43. The first-order valence-electron chi connectivity index (χ1n) is 10.5. The van der Waals surface area contributed by atoms with Crippen LogP contribution in [0.15, 0.2) is 79.9 Å². The maximum atomic E-state index is 12.2. The molecule has 0 unspecified atom stereocenters. The number of fused-ring (bicyclic) bond motifs is 4. The van der Waals surface area contributed by atoms with Gasteiger partial charge in [-0.15, -0.1) is 0 Å². The molecule has 168 valence electrons. The Morgan fingerprint density at radius 2 is 1.91 bits per heavy atom. The normalized spacial score (nSPS) is 12.2. The molecule has 5 rings (SSSR count). The molecule has 2 heterocycles. The fourth-order valence-corrected chi connectivity index (χ4v) is 5.64. The molecule has 2 aromatic heterocycles. The molecule has 7 nitrogen and oxygen atoms in total. The topological polar surface area (TPSA) is 108 Å². The smallest absolute Gasteiger partial charge is 0.336 e. The molecule has 0 aliphatic rings. The van der Waals surface area contributed by atoms with Crippen LogP contribution in [0.25, 0.3) is 32.8 Å². The van der Waals surface area contributed by atoms with E-state index in [4.69, 9.17) is 9.56 Å². The van der Waals surface area contributed by atoms with Crippen LogP contribution in [0.2, 0.25) is 0 Å². The minimum absolute atomic E-state index is 0.0332. The third kappa shape index (κ3) is 4.03. The van der Waals surface area contributed by atoms with Crippen LogP contribution in [-0.4, -0.2) is 18.0 Å². The van der Waals surface area contributed by atoms with Gasteiger partial charge in [-0.05, 0) is 47.0 Å². The predicted molar refractivity (Wildman–Crippen MR) is 131 cm³/mol. The van der Waals surface area contributed by atoms with E-state index in [1.54, 1.807) is 6.07 Å². The van der Waals surface area contributed by atoms with Crippen molar-refractivity contribution >= 4 is 54.6 Å². The molecule has 5 aromatic rings. The van der Waals surface area contributed by atoms with E-state index in [-0.39, 0.29) is 4.90 Å². The Labute approximate surface area is 194 Å². The van der Waals surface area contributed by atoms with Gasteiger partial charge in [0.05, 0.1) is 15.9 Å². The molecule has 0 saturated carbocycles. The van der Waals surface area contributed by atoms with Gasteiger partial charge in [0.15, 0.2) is 5.16 Å². The zero-order chi connectivity index (χ0) is 23.2. The first-order chi connectivity index (χ1) is 15.8. The molecule has 0 aliphatic carbocycles. The average molecular weight is 480 g/mol. The largest absolute Gasteiger partial charge is 0.423 e. The van der Waals surface area contributed by atoms with Crippen LogP contribution in [0, 0.1) is 0 Å². The van der Waals surface area contributed by atoms with Crippen LogP contribution in [-0.2, 0) is 22.3 Å². The predicted octanol–water partition coefficient (Wildman–Crippen LogP) is 4.65. The fourth-order valence-electron chi connectivity index (χ4n) is 4.09. The lowest BCUT2D eigenvalue weighted by Gasteiger charge is -2.10. The van der Waals surface area contributed by atoms with Crippen LogP contribution in [0.4, 0.5) is 0 Å². The third-order valence-electron chi connectivity index (χ3n) is 5.53. The van der Waals surface area contributed by atoms with Gasteiger partial charge in [0.1, 0.15) is 5.58 Å². The van der Waals surface area contributed by atoms with Crippen molar-refractivity contribution in [1.29, 1.82) is 0 Å². The van der Waals surface area contributed by atoms with Gasteiger partial charge in [0.25, 0.3) is 0 Å². The van der Waals surface area contributed by atoms with Crippen molar-refractivity contribution < 1.29 is 12.8 Å². The van der Waals surface area contributed by atoms with Crippen molar-refractivity contribution in [2.24, 2.45) is 5.14 Å². The Morgan fingerprint density at radius 3 is 2.70 bits per heavy atom. The summed E-state index contributed by atoms with van der Waals surface area (Å²) in [4.78, 5) is 17.0. The van der Waals surface area contributed by atoms with Gasteiger partial charge in [-0.25, -0.2) is 23.3 Å².